The topological polar surface area (TPSA) is 67.9 Å². The summed E-state index contributed by atoms with van der Waals surface area (Å²) in [6, 6.07) is 15.9. The van der Waals surface area contributed by atoms with Crippen LogP contribution in [0.1, 0.15) is 31.9 Å². The highest BCUT2D eigenvalue weighted by Crippen LogP contribution is 2.30. The van der Waals surface area contributed by atoms with Crippen LogP contribution in [0.4, 0.5) is 17.6 Å². The molecule has 0 fully saturated rings. The van der Waals surface area contributed by atoms with Crippen molar-refractivity contribution in [2.75, 3.05) is 10.6 Å². The number of nitrogen functional groups attached to an aromatic ring is 1. The van der Waals surface area contributed by atoms with E-state index in [1.54, 1.807) is 0 Å². The Kier molecular flexibility index (Phi) is 5.53. The fourth-order valence-corrected chi connectivity index (χ4v) is 3.05. The molecular formula is C20H21Cl2N5. The van der Waals surface area contributed by atoms with Gasteiger partial charge in [-0.3, -0.25) is 0 Å². The number of aromatic nitrogens is 3. The Morgan fingerprint density at radius 1 is 0.926 bits per heavy atom. The summed E-state index contributed by atoms with van der Waals surface area (Å²) < 4.78 is 0. The number of hydrogen-bond donors (Lipinski definition) is 1. The average Bonchev–Trinajstić information content (AvgIpc) is 2.59. The van der Waals surface area contributed by atoms with Crippen LogP contribution in [0.3, 0.4) is 0 Å². The van der Waals surface area contributed by atoms with E-state index in [1.807, 2.05) is 41.3 Å². The van der Waals surface area contributed by atoms with Crippen LogP contribution in [-0.4, -0.2) is 15.0 Å². The number of hydrogen-bond acceptors (Lipinski definition) is 5. The number of nitrogens with two attached hydrogens (primary N) is 1. The normalized spacial score (nSPS) is 11.4. The first kappa shape index (κ1) is 19.4. The molecule has 0 saturated carbocycles. The second-order valence-electron chi connectivity index (χ2n) is 7.24. The molecule has 7 heteroatoms. The van der Waals surface area contributed by atoms with Crippen molar-refractivity contribution in [1.82, 2.24) is 15.0 Å². The van der Waals surface area contributed by atoms with Gasteiger partial charge in [-0.05, 0) is 46.3 Å². The Morgan fingerprint density at radius 2 is 1.59 bits per heavy atom. The number of benzene rings is 2. The molecule has 0 aliphatic heterocycles. The minimum atomic E-state index is 0.0490. The standard InChI is InChI=1S/C20H21Cl2N5/c1-20(2,3)14-8-10-15(11-9-14)27(12-13-6-4-5-7-16(13)21)19-25-17(22)24-18(23)26-19/h4-11H,12H2,1-3H3,(H2,23,24,25,26). The van der Waals surface area contributed by atoms with E-state index in [1.165, 1.54) is 5.56 Å². The molecule has 0 bridgehead atoms. The molecule has 0 aliphatic carbocycles. The van der Waals surface area contributed by atoms with Crippen molar-refractivity contribution >= 4 is 40.8 Å². The molecule has 5 nitrogen and oxygen atoms in total. The Hall–Kier alpha value is -2.37. The molecule has 140 valence electrons. The number of halogens is 2. The smallest absolute Gasteiger partial charge is 0.236 e. The van der Waals surface area contributed by atoms with Crippen molar-refractivity contribution in [3.63, 3.8) is 0 Å². The van der Waals surface area contributed by atoms with Gasteiger partial charge in [-0.25, -0.2) is 0 Å². The molecule has 0 unspecified atom stereocenters. The minimum absolute atomic E-state index is 0.0490. The first-order valence-electron chi connectivity index (χ1n) is 8.52. The Bertz CT molecular complexity index is 916. The molecule has 0 radical (unpaired) electrons. The van der Waals surface area contributed by atoms with Gasteiger partial charge in [-0.2, -0.15) is 15.0 Å². The fourth-order valence-electron chi connectivity index (χ4n) is 2.69. The molecule has 3 rings (SSSR count). The van der Waals surface area contributed by atoms with E-state index in [2.05, 4.69) is 47.9 Å². The minimum Gasteiger partial charge on any atom is -0.368 e. The second kappa shape index (κ2) is 7.71. The summed E-state index contributed by atoms with van der Waals surface area (Å²) in [6.07, 6.45) is 0. The van der Waals surface area contributed by atoms with Gasteiger partial charge in [0.2, 0.25) is 17.2 Å². The lowest BCUT2D eigenvalue weighted by Gasteiger charge is -2.25. The van der Waals surface area contributed by atoms with E-state index in [-0.39, 0.29) is 16.6 Å². The monoisotopic (exact) mass is 401 g/mol. The van der Waals surface area contributed by atoms with Crippen LogP contribution < -0.4 is 10.6 Å². The maximum absolute atomic E-state index is 6.36. The van der Waals surface area contributed by atoms with Crippen molar-refractivity contribution in [3.05, 3.63) is 70.0 Å². The van der Waals surface area contributed by atoms with Gasteiger partial charge in [0, 0.05) is 10.7 Å². The predicted molar refractivity (Wildman–Crippen MR) is 112 cm³/mol. The molecule has 1 aromatic heterocycles. The third-order valence-corrected chi connectivity index (χ3v) is 4.72. The SMILES string of the molecule is CC(C)(C)c1ccc(N(Cc2ccccc2Cl)c2nc(N)nc(Cl)n2)cc1. The maximum atomic E-state index is 6.36. The number of anilines is 3. The van der Waals surface area contributed by atoms with Gasteiger partial charge in [0.15, 0.2) is 0 Å². The van der Waals surface area contributed by atoms with Crippen molar-refractivity contribution in [2.24, 2.45) is 0 Å². The Labute approximate surface area is 169 Å². The number of rotatable bonds is 4. The third-order valence-electron chi connectivity index (χ3n) is 4.19. The zero-order valence-corrected chi connectivity index (χ0v) is 17.0. The molecule has 0 amide bonds. The third kappa shape index (κ3) is 4.67. The van der Waals surface area contributed by atoms with Gasteiger partial charge in [-0.15, -0.1) is 0 Å². The summed E-state index contributed by atoms with van der Waals surface area (Å²) in [6.45, 7) is 7.00. The fraction of sp³-hybridized carbons (Fsp3) is 0.250. The van der Waals surface area contributed by atoms with Crippen molar-refractivity contribution in [2.45, 2.75) is 32.7 Å². The van der Waals surface area contributed by atoms with Gasteiger partial charge in [0.05, 0.1) is 6.54 Å². The summed E-state index contributed by atoms with van der Waals surface area (Å²) in [7, 11) is 0. The maximum Gasteiger partial charge on any atom is 0.236 e. The summed E-state index contributed by atoms with van der Waals surface area (Å²) in [5.74, 6) is 0.441. The first-order chi connectivity index (χ1) is 12.7. The quantitative estimate of drug-likeness (QED) is 0.633. The number of nitrogens with zero attached hydrogens (tertiary/aromatic N) is 4. The van der Waals surface area contributed by atoms with Crippen LogP contribution in [0.15, 0.2) is 48.5 Å². The van der Waals surface area contributed by atoms with Crippen LogP contribution in [-0.2, 0) is 12.0 Å². The van der Waals surface area contributed by atoms with E-state index in [9.17, 15) is 0 Å². The highest BCUT2D eigenvalue weighted by molar-refractivity contribution is 6.31. The highest BCUT2D eigenvalue weighted by Gasteiger charge is 2.18. The first-order valence-corrected chi connectivity index (χ1v) is 9.28. The highest BCUT2D eigenvalue weighted by atomic mass is 35.5. The van der Waals surface area contributed by atoms with E-state index in [0.717, 1.165) is 11.3 Å². The summed E-state index contributed by atoms with van der Waals surface area (Å²) in [5, 5.41) is 0.718. The van der Waals surface area contributed by atoms with E-state index in [4.69, 9.17) is 28.9 Å². The van der Waals surface area contributed by atoms with Crippen molar-refractivity contribution < 1.29 is 0 Å². The molecule has 1 heterocycles. The van der Waals surface area contributed by atoms with E-state index >= 15 is 0 Å². The van der Waals surface area contributed by atoms with E-state index < -0.39 is 0 Å². The lowest BCUT2D eigenvalue weighted by atomic mass is 9.87. The van der Waals surface area contributed by atoms with Gasteiger partial charge >= 0.3 is 0 Å². The molecule has 2 aromatic carbocycles. The van der Waals surface area contributed by atoms with Gasteiger partial charge in [0.25, 0.3) is 0 Å². The zero-order valence-electron chi connectivity index (χ0n) is 15.4. The summed E-state index contributed by atoms with van der Waals surface area (Å²) in [4.78, 5) is 14.3. The molecule has 0 atom stereocenters. The van der Waals surface area contributed by atoms with Crippen LogP contribution in [0.25, 0.3) is 0 Å². The van der Waals surface area contributed by atoms with Crippen LogP contribution in [0, 0.1) is 0 Å². The van der Waals surface area contributed by atoms with Crippen molar-refractivity contribution in [1.29, 1.82) is 0 Å². The summed E-state index contributed by atoms with van der Waals surface area (Å²) >= 11 is 12.4. The molecule has 27 heavy (non-hydrogen) atoms. The lowest BCUT2D eigenvalue weighted by Crippen LogP contribution is -2.21. The zero-order chi connectivity index (χ0) is 19.6. The Morgan fingerprint density at radius 3 is 2.19 bits per heavy atom. The molecule has 0 saturated heterocycles. The van der Waals surface area contributed by atoms with Gasteiger partial charge < -0.3 is 10.6 Å². The van der Waals surface area contributed by atoms with Crippen molar-refractivity contribution in [3.8, 4) is 0 Å². The van der Waals surface area contributed by atoms with Crippen LogP contribution >= 0.6 is 23.2 Å². The van der Waals surface area contributed by atoms with Gasteiger partial charge in [-0.1, -0.05) is 62.7 Å². The molecular weight excluding hydrogens is 381 g/mol. The summed E-state index contributed by atoms with van der Waals surface area (Å²) in [5.41, 5.74) is 8.92. The molecule has 0 aliphatic rings. The molecule has 3 aromatic rings. The molecule has 2 N–H and O–H groups in total. The average molecular weight is 402 g/mol. The Balaban J connectivity index is 2.05. The van der Waals surface area contributed by atoms with Crippen LogP contribution in [0.2, 0.25) is 10.3 Å². The largest absolute Gasteiger partial charge is 0.368 e. The lowest BCUT2D eigenvalue weighted by molar-refractivity contribution is 0.590. The van der Waals surface area contributed by atoms with E-state index in [0.29, 0.717) is 17.5 Å². The second-order valence-corrected chi connectivity index (χ2v) is 7.98. The predicted octanol–water partition coefficient (Wildman–Crippen LogP) is 5.40. The molecule has 0 spiro atoms. The van der Waals surface area contributed by atoms with Gasteiger partial charge in [0.1, 0.15) is 0 Å². The van der Waals surface area contributed by atoms with Crippen LogP contribution in [0.5, 0.6) is 0 Å².